The Morgan fingerprint density at radius 2 is 1.79 bits per heavy atom. The number of nitrogens with zero attached hydrogens (tertiary/aromatic N) is 2. The molecule has 6 rings (SSSR count). The number of aromatic carboxylic acids is 1. The van der Waals surface area contributed by atoms with Gasteiger partial charge in [0.2, 0.25) is 0 Å². The highest BCUT2D eigenvalue weighted by molar-refractivity contribution is 5.93. The van der Waals surface area contributed by atoms with Gasteiger partial charge >= 0.3 is 18.4 Å². The number of alkyl halides is 3. The second kappa shape index (κ2) is 10.9. The number of amides is 2. The molecular weight excluding hydrogens is 562 g/mol. The number of anilines is 1. The van der Waals surface area contributed by atoms with Gasteiger partial charge in [-0.25, -0.2) is 14.0 Å². The van der Waals surface area contributed by atoms with Gasteiger partial charge in [0.15, 0.2) is 0 Å². The standard InChI is InChI=1S/C29H27F4N3O6/c30-22-10-7-16(27(37)38)11-23(22)34-28(39)36-17-8-9-18(36)13-19(12-17)40-14-21-25(35-42-26(21)15-5-6-15)20-3-1-2-4-24(20)41-29(31,32)33/h1-4,7,10-11,15,17-19H,5-6,8-9,12-14H2,(H,34,39)(H,37,38). The number of urea groups is 1. The van der Waals surface area contributed by atoms with E-state index in [-0.39, 0.29) is 59.0 Å². The lowest BCUT2D eigenvalue weighted by Crippen LogP contribution is -2.50. The number of para-hydroxylation sites is 1. The van der Waals surface area contributed by atoms with Crippen LogP contribution in [0.1, 0.15) is 66.1 Å². The number of piperidine rings is 1. The van der Waals surface area contributed by atoms with Gasteiger partial charge in [-0.3, -0.25) is 0 Å². The molecule has 2 saturated heterocycles. The first kappa shape index (κ1) is 28.0. The summed E-state index contributed by atoms with van der Waals surface area (Å²) in [6.07, 6.45) is -0.877. The molecule has 1 aromatic heterocycles. The molecule has 3 heterocycles. The summed E-state index contributed by atoms with van der Waals surface area (Å²) in [4.78, 5) is 26.0. The Morgan fingerprint density at radius 1 is 1.07 bits per heavy atom. The molecule has 0 spiro atoms. The second-order valence-corrected chi connectivity index (χ2v) is 10.8. The molecule has 13 heteroatoms. The molecular formula is C29H27F4N3O6. The lowest BCUT2D eigenvalue weighted by molar-refractivity contribution is -0.274. The van der Waals surface area contributed by atoms with Crippen LogP contribution in [0.3, 0.4) is 0 Å². The number of fused-ring (bicyclic) bond motifs is 2. The van der Waals surface area contributed by atoms with Gasteiger partial charge < -0.3 is 29.3 Å². The first-order valence-corrected chi connectivity index (χ1v) is 13.6. The Kier molecular flexibility index (Phi) is 7.29. The first-order valence-electron chi connectivity index (χ1n) is 13.6. The number of hydrogen-bond donors (Lipinski definition) is 2. The number of carboxylic acid groups (broad SMARTS) is 1. The first-order chi connectivity index (χ1) is 20.1. The molecule has 3 aliphatic rings. The van der Waals surface area contributed by atoms with Crippen LogP contribution < -0.4 is 10.1 Å². The maximum absolute atomic E-state index is 14.3. The van der Waals surface area contributed by atoms with Crippen LogP contribution in [-0.4, -0.2) is 51.7 Å². The molecule has 0 radical (unpaired) electrons. The molecule has 3 fully saturated rings. The molecule has 9 nitrogen and oxygen atoms in total. The predicted molar refractivity (Wildman–Crippen MR) is 139 cm³/mol. The number of benzene rings is 2. The zero-order valence-corrected chi connectivity index (χ0v) is 22.2. The largest absolute Gasteiger partial charge is 0.573 e. The number of carboxylic acids is 1. The van der Waals surface area contributed by atoms with Crippen LogP contribution in [0.5, 0.6) is 5.75 Å². The number of halogens is 4. The van der Waals surface area contributed by atoms with Crippen molar-refractivity contribution in [1.82, 2.24) is 10.1 Å². The summed E-state index contributed by atoms with van der Waals surface area (Å²) in [5, 5.41) is 15.8. The van der Waals surface area contributed by atoms with E-state index in [0.29, 0.717) is 24.2 Å². The normalized spacial score (nSPS) is 21.8. The Morgan fingerprint density at radius 3 is 2.45 bits per heavy atom. The highest BCUT2D eigenvalue weighted by atomic mass is 19.4. The number of carbonyl (C=O) groups is 2. The van der Waals surface area contributed by atoms with Crippen molar-refractivity contribution in [2.45, 2.75) is 75.6 Å². The summed E-state index contributed by atoms with van der Waals surface area (Å²) in [7, 11) is 0. The van der Waals surface area contributed by atoms with Crippen LogP contribution in [0.4, 0.5) is 28.0 Å². The van der Waals surface area contributed by atoms with Gasteiger partial charge in [0.05, 0.1) is 24.0 Å². The third-order valence-electron chi connectivity index (χ3n) is 7.98. The molecule has 2 atom stereocenters. The SMILES string of the molecule is O=C(O)c1ccc(F)c(NC(=O)N2C3CCC2CC(OCc2c(-c4ccccc4OC(F)(F)F)noc2C2CC2)C3)c1. The van der Waals surface area contributed by atoms with Crippen LogP contribution in [0, 0.1) is 5.82 Å². The van der Waals surface area contributed by atoms with Gasteiger partial charge in [-0.1, -0.05) is 17.3 Å². The van der Waals surface area contributed by atoms with Crippen LogP contribution in [-0.2, 0) is 11.3 Å². The van der Waals surface area contributed by atoms with Crippen molar-refractivity contribution in [2.24, 2.45) is 0 Å². The number of aromatic nitrogens is 1. The fourth-order valence-electron chi connectivity index (χ4n) is 5.95. The van der Waals surface area contributed by atoms with E-state index in [0.717, 1.165) is 43.9 Å². The molecule has 2 amide bonds. The summed E-state index contributed by atoms with van der Waals surface area (Å²) in [5.74, 6) is -1.64. The topological polar surface area (TPSA) is 114 Å². The summed E-state index contributed by atoms with van der Waals surface area (Å²) < 4.78 is 69.6. The molecule has 222 valence electrons. The second-order valence-electron chi connectivity index (χ2n) is 10.8. The lowest BCUT2D eigenvalue weighted by atomic mass is 9.99. The maximum atomic E-state index is 14.3. The van der Waals surface area contributed by atoms with Crippen LogP contribution >= 0.6 is 0 Å². The van der Waals surface area contributed by atoms with Crippen molar-refractivity contribution >= 4 is 17.7 Å². The maximum Gasteiger partial charge on any atom is 0.573 e. The quantitative estimate of drug-likeness (QED) is 0.281. The van der Waals surface area contributed by atoms with E-state index in [2.05, 4.69) is 15.2 Å². The van der Waals surface area contributed by atoms with Gasteiger partial charge in [-0.05, 0) is 68.9 Å². The molecule has 2 aromatic carbocycles. The summed E-state index contributed by atoms with van der Waals surface area (Å²) in [5.41, 5.74) is 0.613. The molecule has 1 aliphatic carbocycles. The smallest absolute Gasteiger partial charge is 0.478 e. The summed E-state index contributed by atoms with van der Waals surface area (Å²) >= 11 is 0. The molecule has 2 aliphatic heterocycles. The van der Waals surface area contributed by atoms with Crippen molar-refractivity contribution in [3.05, 3.63) is 65.2 Å². The van der Waals surface area contributed by atoms with Crippen molar-refractivity contribution in [3.8, 4) is 17.0 Å². The molecule has 2 unspecified atom stereocenters. The van der Waals surface area contributed by atoms with Gasteiger partial charge in [0, 0.05) is 29.1 Å². The molecule has 2 N–H and O–H groups in total. The third kappa shape index (κ3) is 5.78. The van der Waals surface area contributed by atoms with E-state index in [9.17, 15) is 32.3 Å². The number of hydrogen-bond acceptors (Lipinski definition) is 6. The highest BCUT2D eigenvalue weighted by Gasteiger charge is 2.44. The number of nitrogens with one attached hydrogen (secondary N) is 1. The average Bonchev–Trinajstić information content (AvgIpc) is 3.63. The zero-order valence-electron chi connectivity index (χ0n) is 22.2. The van der Waals surface area contributed by atoms with E-state index >= 15 is 0 Å². The van der Waals surface area contributed by atoms with E-state index < -0.39 is 24.2 Å². The average molecular weight is 590 g/mol. The molecule has 2 bridgehead atoms. The Bertz CT molecular complexity index is 1490. The number of rotatable bonds is 8. The van der Waals surface area contributed by atoms with Gasteiger partial charge in [-0.15, -0.1) is 13.2 Å². The van der Waals surface area contributed by atoms with E-state index in [1.54, 1.807) is 11.0 Å². The molecule has 3 aromatic rings. The van der Waals surface area contributed by atoms with E-state index in [1.165, 1.54) is 18.2 Å². The minimum Gasteiger partial charge on any atom is -0.478 e. The Labute approximate surface area is 237 Å². The van der Waals surface area contributed by atoms with Gasteiger partial charge in [0.1, 0.15) is 23.0 Å². The molecule has 42 heavy (non-hydrogen) atoms. The fourth-order valence-corrected chi connectivity index (χ4v) is 5.95. The van der Waals surface area contributed by atoms with Gasteiger partial charge in [0.25, 0.3) is 0 Å². The van der Waals surface area contributed by atoms with Crippen LogP contribution in [0.15, 0.2) is 47.0 Å². The summed E-state index contributed by atoms with van der Waals surface area (Å²) in [6.45, 7) is 0.0640. The van der Waals surface area contributed by atoms with Crippen LogP contribution in [0.2, 0.25) is 0 Å². The third-order valence-corrected chi connectivity index (χ3v) is 7.98. The Balaban J connectivity index is 1.15. The molecule has 1 saturated carbocycles. The van der Waals surface area contributed by atoms with Crippen molar-refractivity contribution in [3.63, 3.8) is 0 Å². The number of carbonyl (C=O) groups excluding carboxylic acids is 1. The zero-order chi connectivity index (χ0) is 29.6. The van der Waals surface area contributed by atoms with E-state index in [4.69, 9.17) is 9.26 Å². The lowest BCUT2D eigenvalue weighted by Gasteiger charge is -2.38. The number of ether oxygens (including phenoxy) is 2. The van der Waals surface area contributed by atoms with Crippen molar-refractivity contribution in [2.75, 3.05) is 5.32 Å². The monoisotopic (exact) mass is 589 g/mol. The van der Waals surface area contributed by atoms with Crippen molar-refractivity contribution < 1.29 is 46.3 Å². The van der Waals surface area contributed by atoms with E-state index in [1.807, 2.05) is 0 Å². The Hall–Kier alpha value is -4.13. The highest BCUT2D eigenvalue weighted by Crippen LogP contribution is 2.46. The summed E-state index contributed by atoms with van der Waals surface area (Å²) in [6, 6.07) is 8.09. The predicted octanol–water partition coefficient (Wildman–Crippen LogP) is 6.70. The minimum absolute atomic E-state index is 0.0640. The minimum atomic E-state index is -4.87. The fraction of sp³-hybridized carbons (Fsp3) is 0.414. The van der Waals surface area contributed by atoms with Crippen LogP contribution in [0.25, 0.3) is 11.3 Å². The van der Waals surface area contributed by atoms with Crippen molar-refractivity contribution in [1.29, 1.82) is 0 Å². The van der Waals surface area contributed by atoms with Gasteiger partial charge in [-0.2, -0.15) is 0 Å².